The summed E-state index contributed by atoms with van der Waals surface area (Å²) in [7, 11) is 0. The summed E-state index contributed by atoms with van der Waals surface area (Å²) >= 11 is 0. The van der Waals surface area contributed by atoms with Crippen LogP contribution >= 0.6 is 0 Å². The van der Waals surface area contributed by atoms with Crippen molar-refractivity contribution in [2.75, 3.05) is 0 Å². The second-order valence-electron chi connectivity index (χ2n) is 5.11. The fourth-order valence-corrected chi connectivity index (χ4v) is 2.12. The summed E-state index contributed by atoms with van der Waals surface area (Å²) in [5.41, 5.74) is 2.93. The highest BCUT2D eigenvalue weighted by atomic mass is 16.7. The van der Waals surface area contributed by atoms with E-state index in [1.807, 2.05) is 54.6 Å². The Kier molecular flexibility index (Phi) is 4.47. The van der Waals surface area contributed by atoms with Crippen LogP contribution < -0.4 is 0 Å². The lowest BCUT2D eigenvalue weighted by Gasteiger charge is -2.00. The van der Waals surface area contributed by atoms with E-state index < -0.39 is 0 Å². The lowest BCUT2D eigenvalue weighted by molar-refractivity contribution is -0.143. The number of aryl methyl sites for hydroxylation is 1. The van der Waals surface area contributed by atoms with E-state index in [9.17, 15) is 4.79 Å². The first-order valence-electron chi connectivity index (χ1n) is 7.37. The number of para-hydroxylation sites is 2. The molecular formula is C18H16N2O3. The molecule has 0 atom stereocenters. The van der Waals surface area contributed by atoms with Crippen molar-refractivity contribution in [1.82, 2.24) is 4.98 Å². The number of rotatable bonds is 5. The van der Waals surface area contributed by atoms with Gasteiger partial charge < -0.3 is 9.25 Å². The number of aromatic nitrogens is 1. The average Bonchev–Trinajstić information content (AvgIpc) is 3.03. The standard InChI is InChI=1S/C18H16N2O3/c1-13(18-19-15-9-5-6-10-16(15)22-18)20-23-17(21)12-11-14-7-3-2-4-8-14/h2-10H,11-12H2,1H3/b20-13+. The van der Waals surface area contributed by atoms with Crippen LogP contribution in [-0.2, 0) is 16.1 Å². The molecule has 0 aliphatic heterocycles. The number of oxazole rings is 1. The van der Waals surface area contributed by atoms with Crippen LogP contribution in [0.2, 0.25) is 0 Å². The minimum Gasteiger partial charge on any atom is -0.435 e. The Morgan fingerprint density at radius 3 is 2.65 bits per heavy atom. The summed E-state index contributed by atoms with van der Waals surface area (Å²) in [6.07, 6.45) is 0.894. The van der Waals surface area contributed by atoms with Crippen molar-refractivity contribution in [2.45, 2.75) is 19.8 Å². The number of benzene rings is 2. The fourth-order valence-electron chi connectivity index (χ4n) is 2.12. The molecule has 0 saturated heterocycles. The van der Waals surface area contributed by atoms with Crippen molar-refractivity contribution in [1.29, 1.82) is 0 Å². The average molecular weight is 308 g/mol. The van der Waals surface area contributed by atoms with Gasteiger partial charge in [0.15, 0.2) is 5.58 Å². The summed E-state index contributed by atoms with van der Waals surface area (Å²) in [6, 6.07) is 17.2. The molecule has 2 aromatic carbocycles. The van der Waals surface area contributed by atoms with Gasteiger partial charge in [-0.1, -0.05) is 47.6 Å². The maximum atomic E-state index is 11.7. The summed E-state index contributed by atoms with van der Waals surface area (Å²) in [5.74, 6) is -0.0358. The van der Waals surface area contributed by atoms with Crippen molar-refractivity contribution in [3.8, 4) is 0 Å². The van der Waals surface area contributed by atoms with Gasteiger partial charge in [-0.25, -0.2) is 9.78 Å². The molecule has 0 saturated carbocycles. The molecule has 23 heavy (non-hydrogen) atoms. The summed E-state index contributed by atoms with van der Waals surface area (Å²) in [5, 5.41) is 3.81. The molecule has 5 nitrogen and oxygen atoms in total. The molecule has 3 rings (SSSR count). The molecule has 0 radical (unpaired) electrons. The van der Waals surface area contributed by atoms with E-state index in [-0.39, 0.29) is 12.4 Å². The van der Waals surface area contributed by atoms with E-state index in [4.69, 9.17) is 9.25 Å². The Bertz CT molecular complexity index is 805. The molecule has 0 aliphatic carbocycles. The predicted octanol–water partition coefficient (Wildman–Crippen LogP) is 3.73. The van der Waals surface area contributed by atoms with Crippen LogP contribution in [-0.4, -0.2) is 16.7 Å². The predicted molar refractivity (Wildman–Crippen MR) is 87.1 cm³/mol. The van der Waals surface area contributed by atoms with Crippen LogP contribution in [0, 0.1) is 0 Å². The molecule has 0 amide bonds. The largest absolute Gasteiger partial charge is 0.435 e. The van der Waals surface area contributed by atoms with Gasteiger partial charge in [0.2, 0.25) is 5.89 Å². The van der Waals surface area contributed by atoms with Crippen molar-refractivity contribution in [3.63, 3.8) is 0 Å². The second kappa shape index (κ2) is 6.87. The lowest BCUT2D eigenvalue weighted by atomic mass is 10.1. The van der Waals surface area contributed by atoms with Crippen LogP contribution in [0.1, 0.15) is 24.8 Å². The van der Waals surface area contributed by atoms with Crippen molar-refractivity contribution < 1.29 is 14.0 Å². The Morgan fingerprint density at radius 2 is 1.87 bits per heavy atom. The Morgan fingerprint density at radius 1 is 1.13 bits per heavy atom. The first kappa shape index (κ1) is 15.0. The third-order valence-corrected chi connectivity index (χ3v) is 3.35. The second-order valence-corrected chi connectivity index (χ2v) is 5.11. The number of fused-ring (bicyclic) bond motifs is 1. The van der Waals surface area contributed by atoms with Gasteiger partial charge in [0, 0.05) is 0 Å². The zero-order valence-corrected chi connectivity index (χ0v) is 12.7. The van der Waals surface area contributed by atoms with E-state index in [1.54, 1.807) is 6.92 Å². The minimum atomic E-state index is -0.385. The first-order valence-corrected chi connectivity index (χ1v) is 7.37. The number of carbonyl (C=O) groups excluding carboxylic acids is 1. The van der Waals surface area contributed by atoms with Crippen molar-refractivity contribution >= 4 is 22.8 Å². The maximum Gasteiger partial charge on any atom is 0.335 e. The highest BCUT2D eigenvalue weighted by Crippen LogP contribution is 2.15. The highest BCUT2D eigenvalue weighted by molar-refractivity contribution is 5.96. The van der Waals surface area contributed by atoms with Gasteiger partial charge in [-0.2, -0.15) is 0 Å². The molecule has 3 aromatic rings. The van der Waals surface area contributed by atoms with Crippen LogP contribution in [0.5, 0.6) is 0 Å². The molecule has 5 heteroatoms. The van der Waals surface area contributed by atoms with E-state index in [1.165, 1.54) is 0 Å². The van der Waals surface area contributed by atoms with Gasteiger partial charge in [-0.3, -0.25) is 0 Å². The number of oxime groups is 1. The van der Waals surface area contributed by atoms with Gasteiger partial charge >= 0.3 is 5.97 Å². The summed E-state index contributed by atoms with van der Waals surface area (Å²) in [6.45, 7) is 1.69. The number of hydrogen-bond donors (Lipinski definition) is 0. The monoisotopic (exact) mass is 308 g/mol. The molecule has 1 heterocycles. The minimum absolute atomic E-state index is 0.272. The van der Waals surface area contributed by atoms with E-state index >= 15 is 0 Å². The molecule has 0 bridgehead atoms. The zero-order chi connectivity index (χ0) is 16.1. The highest BCUT2D eigenvalue weighted by Gasteiger charge is 2.10. The zero-order valence-electron chi connectivity index (χ0n) is 12.7. The first-order chi connectivity index (χ1) is 11.2. The van der Waals surface area contributed by atoms with Crippen molar-refractivity contribution in [3.05, 3.63) is 66.1 Å². The third-order valence-electron chi connectivity index (χ3n) is 3.35. The molecule has 0 N–H and O–H groups in total. The smallest absolute Gasteiger partial charge is 0.335 e. The van der Waals surface area contributed by atoms with Gasteiger partial charge in [0.1, 0.15) is 11.2 Å². The van der Waals surface area contributed by atoms with Gasteiger partial charge in [0.05, 0.1) is 6.42 Å². The Balaban J connectivity index is 1.59. The SMILES string of the molecule is C/C(=N\OC(=O)CCc1ccccc1)c1nc2ccccc2o1. The van der Waals surface area contributed by atoms with Crippen LogP contribution in [0.4, 0.5) is 0 Å². The fraction of sp³-hybridized carbons (Fsp3) is 0.167. The van der Waals surface area contributed by atoms with Crippen LogP contribution in [0.25, 0.3) is 11.1 Å². The van der Waals surface area contributed by atoms with Crippen LogP contribution in [0.15, 0.2) is 64.2 Å². The van der Waals surface area contributed by atoms with E-state index in [2.05, 4.69) is 10.1 Å². The normalized spacial score (nSPS) is 11.6. The quantitative estimate of drug-likeness (QED) is 0.409. The van der Waals surface area contributed by atoms with Crippen molar-refractivity contribution in [2.24, 2.45) is 5.16 Å². The molecule has 0 aliphatic rings. The van der Waals surface area contributed by atoms with Crippen LogP contribution in [0.3, 0.4) is 0 Å². The molecule has 0 unspecified atom stereocenters. The van der Waals surface area contributed by atoms with Gasteiger partial charge in [0.25, 0.3) is 0 Å². The molecule has 1 aromatic heterocycles. The van der Waals surface area contributed by atoms with E-state index in [0.717, 1.165) is 11.1 Å². The molecule has 0 spiro atoms. The van der Waals surface area contributed by atoms with Gasteiger partial charge in [-0.15, -0.1) is 0 Å². The summed E-state index contributed by atoms with van der Waals surface area (Å²) in [4.78, 5) is 21.0. The topological polar surface area (TPSA) is 64.7 Å². The lowest BCUT2D eigenvalue weighted by Crippen LogP contribution is -2.04. The number of hydrogen-bond acceptors (Lipinski definition) is 5. The summed E-state index contributed by atoms with van der Waals surface area (Å²) < 4.78 is 5.56. The third kappa shape index (κ3) is 3.83. The maximum absolute atomic E-state index is 11.7. The number of nitrogens with zero attached hydrogens (tertiary/aromatic N) is 2. The Labute approximate surface area is 133 Å². The molecule has 0 fully saturated rings. The Hall–Kier alpha value is -2.95. The molecule has 116 valence electrons. The molecular weight excluding hydrogens is 292 g/mol. The number of carbonyl (C=O) groups is 1. The van der Waals surface area contributed by atoms with E-state index in [0.29, 0.717) is 23.6 Å². The van der Waals surface area contributed by atoms with Gasteiger partial charge in [-0.05, 0) is 31.0 Å².